The fourth-order valence-corrected chi connectivity index (χ4v) is 1.80. The summed E-state index contributed by atoms with van der Waals surface area (Å²) in [7, 11) is 0. The molecule has 1 aliphatic rings. The van der Waals surface area contributed by atoms with Crippen LogP contribution in [-0.2, 0) is 0 Å². The second kappa shape index (κ2) is 7.10. The lowest BCUT2D eigenvalue weighted by Gasteiger charge is -2.23. The minimum atomic E-state index is -0.362. The Bertz CT molecular complexity index is 350. The Kier molecular flexibility index (Phi) is 5.77. The van der Waals surface area contributed by atoms with Gasteiger partial charge < -0.3 is 0 Å². The summed E-state index contributed by atoms with van der Waals surface area (Å²) in [6.07, 6.45) is 4.93. The summed E-state index contributed by atoms with van der Waals surface area (Å²) in [5, 5.41) is 12.7. The zero-order valence-electron chi connectivity index (χ0n) is 11.3. The Morgan fingerprint density at radius 2 is 2.28 bits per heavy atom. The molecule has 0 saturated heterocycles. The second-order valence-corrected chi connectivity index (χ2v) is 4.70. The van der Waals surface area contributed by atoms with Crippen LogP contribution in [-0.4, -0.2) is 28.9 Å². The van der Waals surface area contributed by atoms with Crippen LogP contribution in [0.4, 0.5) is 0 Å². The highest BCUT2D eigenvalue weighted by atomic mass is 16.6. The highest BCUT2D eigenvalue weighted by molar-refractivity contribution is 5.99. The highest BCUT2D eigenvalue weighted by Gasteiger charge is 2.26. The molecule has 0 bridgehead atoms. The van der Waals surface area contributed by atoms with Crippen molar-refractivity contribution in [1.82, 2.24) is 10.4 Å². The first kappa shape index (κ1) is 14.6. The van der Waals surface area contributed by atoms with E-state index in [1.165, 1.54) is 0 Å². The summed E-state index contributed by atoms with van der Waals surface area (Å²) >= 11 is 0. The van der Waals surface area contributed by atoms with E-state index in [1.807, 2.05) is 13.8 Å². The molecular formula is C12H22N4O2. The zero-order valence-corrected chi connectivity index (χ0v) is 11.3. The summed E-state index contributed by atoms with van der Waals surface area (Å²) in [4.78, 5) is 14.9. The van der Waals surface area contributed by atoms with Gasteiger partial charge in [0.25, 0.3) is 0 Å². The van der Waals surface area contributed by atoms with Crippen molar-refractivity contribution in [3.8, 4) is 0 Å². The third kappa shape index (κ3) is 4.10. The van der Waals surface area contributed by atoms with Gasteiger partial charge in [0.05, 0.1) is 11.1 Å². The summed E-state index contributed by atoms with van der Waals surface area (Å²) in [5.41, 5.74) is 3.82. The van der Waals surface area contributed by atoms with Crippen LogP contribution in [0.3, 0.4) is 0 Å². The average molecular weight is 254 g/mol. The Balaban J connectivity index is 2.58. The van der Waals surface area contributed by atoms with Crippen molar-refractivity contribution in [2.45, 2.75) is 40.0 Å². The normalized spacial score (nSPS) is 15.7. The molecule has 18 heavy (non-hydrogen) atoms. The van der Waals surface area contributed by atoms with Crippen molar-refractivity contribution in [3.63, 3.8) is 0 Å². The van der Waals surface area contributed by atoms with Crippen LogP contribution in [0, 0.1) is 16.0 Å². The molecule has 0 unspecified atom stereocenters. The smallest absolute Gasteiger partial charge is 0.287 e. The third-order valence-corrected chi connectivity index (χ3v) is 2.77. The average Bonchev–Trinajstić information content (AvgIpc) is 2.34. The van der Waals surface area contributed by atoms with Gasteiger partial charge in [-0.05, 0) is 6.42 Å². The van der Waals surface area contributed by atoms with Gasteiger partial charge >= 0.3 is 5.70 Å². The topological polar surface area (TPSA) is 70.8 Å². The summed E-state index contributed by atoms with van der Waals surface area (Å²) in [5.74, 6) is 0.0730. The molecular weight excluding hydrogens is 232 g/mol. The first-order valence-electron chi connectivity index (χ1n) is 6.47. The van der Waals surface area contributed by atoms with Crippen molar-refractivity contribution in [3.05, 3.63) is 22.0 Å². The van der Waals surface area contributed by atoms with Gasteiger partial charge in [-0.3, -0.25) is 20.1 Å². The summed E-state index contributed by atoms with van der Waals surface area (Å²) in [6.45, 7) is 7.24. The zero-order chi connectivity index (χ0) is 13.5. The number of rotatable bonds is 7. The molecule has 0 aromatic rings. The molecule has 1 aliphatic heterocycles. The molecule has 1 N–H and O–H groups in total. The third-order valence-electron chi connectivity index (χ3n) is 2.77. The van der Waals surface area contributed by atoms with Crippen LogP contribution in [0.5, 0.6) is 0 Å². The van der Waals surface area contributed by atoms with Gasteiger partial charge in [-0.1, -0.05) is 33.6 Å². The van der Waals surface area contributed by atoms with E-state index in [9.17, 15) is 10.1 Å². The van der Waals surface area contributed by atoms with Gasteiger partial charge in [0.15, 0.2) is 0 Å². The van der Waals surface area contributed by atoms with Gasteiger partial charge in [0.1, 0.15) is 12.4 Å². The fourth-order valence-electron chi connectivity index (χ4n) is 1.80. The van der Waals surface area contributed by atoms with Crippen molar-refractivity contribution in [2.24, 2.45) is 10.9 Å². The Labute approximate surface area is 108 Å². The van der Waals surface area contributed by atoms with E-state index in [-0.39, 0.29) is 16.5 Å². The number of allylic oxidation sites excluding steroid dienone is 1. The number of hydrogen-bond acceptors (Lipinski definition) is 5. The molecule has 0 radical (unpaired) electrons. The largest absolute Gasteiger partial charge is 0.307 e. The van der Waals surface area contributed by atoms with Crippen molar-refractivity contribution >= 4 is 5.71 Å². The monoisotopic (exact) mass is 254 g/mol. The molecule has 0 aromatic heterocycles. The van der Waals surface area contributed by atoms with E-state index in [4.69, 9.17) is 0 Å². The van der Waals surface area contributed by atoms with Crippen LogP contribution in [0.15, 0.2) is 16.9 Å². The predicted molar refractivity (Wildman–Crippen MR) is 71.6 cm³/mol. The van der Waals surface area contributed by atoms with E-state index >= 15 is 0 Å². The lowest BCUT2D eigenvalue weighted by Crippen LogP contribution is -2.39. The van der Waals surface area contributed by atoms with Gasteiger partial charge in [0.2, 0.25) is 0 Å². The van der Waals surface area contributed by atoms with Crippen LogP contribution in [0.2, 0.25) is 0 Å². The van der Waals surface area contributed by atoms with E-state index in [2.05, 4.69) is 17.3 Å². The molecule has 6 nitrogen and oxygen atoms in total. The minimum Gasteiger partial charge on any atom is -0.287 e. The Hall–Kier alpha value is -1.43. The van der Waals surface area contributed by atoms with Crippen molar-refractivity contribution in [1.29, 1.82) is 0 Å². The second-order valence-electron chi connectivity index (χ2n) is 4.70. The number of hydrogen-bond donors (Lipinski definition) is 1. The standard InChI is InChI=1S/C12H22N4O2/c1-4-5-6-7-14-15-8-11(16(17)18)12(10(2)3)13-9-15/h8,10,14H,4-7,9H2,1-3H3. The van der Waals surface area contributed by atoms with Crippen LogP contribution in [0.1, 0.15) is 40.0 Å². The van der Waals surface area contributed by atoms with Crippen LogP contribution in [0.25, 0.3) is 0 Å². The molecule has 1 heterocycles. The molecule has 6 heteroatoms. The molecule has 0 fully saturated rings. The molecule has 0 aliphatic carbocycles. The molecule has 0 spiro atoms. The van der Waals surface area contributed by atoms with Crippen LogP contribution < -0.4 is 5.43 Å². The lowest BCUT2D eigenvalue weighted by atomic mass is 10.1. The Morgan fingerprint density at radius 1 is 1.56 bits per heavy atom. The van der Waals surface area contributed by atoms with E-state index in [0.717, 1.165) is 25.8 Å². The summed E-state index contributed by atoms with van der Waals surface area (Å²) < 4.78 is 0. The number of unbranched alkanes of at least 4 members (excludes halogenated alkanes) is 2. The minimum absolute atomic E-state index is 0.0730. The first-order valence-corrected chi connectivity index (χ1v) is 6.47. The van der Waals surface area contributed by atoms with E-state index in [1.54, 1.807) is 11.2 Å². The molecule has 102 valence electrons. The van der Waals surface area contributed by atoms with Crippen molar-refractivity contribution < 1.29 is 4.92 Å². The number of nitrogens with one attached hydrogen (secondary N) is 1. The SMILES string of the molecule is CCCCCNN1C=C([N+](=O)[O-])C(C(C)C)=NC1. The number of aliphatic imine (C=N–C) groups is 1. The first-order chi connectivity index (χ1) is 8.56. The fraction of sp³-hybridized carbons (Fsp3) is 0.750. The maximum Gasteiger partial charge on any atom is 0.307 e. The number of nitro groups is 1. The lowest BCUT2D eigenvalue weighted by molar-refractivity contribution is -0.417. The van der Waals surface area contributed by atoms with Gasteiger partial charge in [0, 0.05) is 12.5 Å². The molecule has 1 rings (SSSR count). The Morgan fingerprint density at radius 3 is 2.83 bits per heavy atom. The number of nitrogens with zero attached hydrogens (tertiary/aromatic N) is 3. The van der Waals surface area contributed by atoms with Gasteiger partial charge in [-0.2, -0.15) is 0 Å². The van der Waals surface area contributed by atoms with E-state index in [0.29, 0.717) is 12.4 Å². The molecule has 0 atom stereocenters. The quantitative estimate of drug-likeness (QED) is 0.429. The van der Waals surface area contributed by atoms with Crippen molar-refractivity contribution in [2.75, 3.05) is 13.2 Å². The van der Waals surface area contributed by atoms with Gasteiger partial charge in [-0.25, -0.2) is 5.43 Å². The maximum atomic E-state index is 11.0. The van der Waals surface area contributed by atoms with Gasteiger partial charge in [-0.15, -0.1) is 0 Å². The molecule has 0 aromatic carbocycles. The molecule has 0 amide bonds. The van der Waals surface area contributed by atoms with E-state index < -0.39 is 0 Å². The summed E-state index contributed by atoms with van der Waals surface area (Å²) in [6, 6.07) is 0. The molecule has 0 saturated carbocycles. The van der Waals surface area contributed by atoms with Crippen LogP contribution >= 0.6 is 0 Å². The predicted octanol–water partition coefficient (Wildman–Crippen LogP) is 2.17. The highest BCUT2D eigenvalue weighted by Crippen LogP contribution is 2.14. The number of hydrazine groups is 1. The maximum absolute atomic E-state index is 11.0.